The van der Waals surface area contributed by atoms with Crippen LogP contribution in [0, 0.1) is 0 Å². The second-order valence-electron chi connectivity index (χ2n) is 6.42. The summed E-state index contributed by atoms with van der Waals surface area (Å²) in [7, 11) is -2.97. The first kappa shape index (κ1) is 20.0. The van der Waals surface area contributed by atoms with Crippen LogP contribution in [0.2, 0.25) is 10.0 Å². The third-order valence-electron chi connectivity index (χ3n) is 4.42. The van der Waals surface area contributed by atoms with E-state index in [9.17, 15) is 13.2 Å². The molecule has 2 aromatic carbocycles. The largest absolute Gasteiger partial charge is 0.488 e. The van der Waals surface area contributed by atoms with Gasteiger partial charge in [0, 0.05) is 21.7 Å². The molecule has 0 spiro atoms. The van der Waals surface area contributed by atoms with E-state index in [1.54, 1.807) is 42.5 Å². The highest BCUT2D eigenvalue weighted by Crippen LogP contribution is 2.25. The highest BCUT2D eigenvalue weighted by atomic mass is 35.5. The van der Waals surface area contributed by atoms with Crippen LogP contribution in [0.15, 0.2) is 42.5 Å². The van der Waals surface area contributed by atoms with Gasteiger partial charge < -0.3 is 10.1 Å². The molecule has 0 saturated carbocycles. The molecule has 1 amide bonds. The Hall–Kier alpha value is -1.76. The van der Waals surface area contributed by atoms with Crippen LogP contribution in [-0.4, -0.2) is 31.9 Å². The summed E-state index contributed by atoms with van der Waals surface area (Å²) >= 11 is 12.1. The fourth-order valence-electron chi connectivity index (χ4n) is 2.87. The molecule has 2 aromatic rings. The molecule has 0 bridgehead atoms. The van der Waals surface area contributed by atoms with Crippen molar-refractivity contribution in [1.29, 1.82) is 0 Å². The third kappa shape index (κ3) is 5.37. The first-order chi connectivity index (χ1) is 12.8. The minimum absolute atomic E-state index is 0.102. The van der Waals surface area contributed by atoms with Crippen molar-refractivity contribution in [3.8, 4) is 5.75 Å². The minimum atomic E-state index is -2.97. The molecule has 0 atom stereocenters. The average Bonchev–Trinajstić information content (AvgIpc) is 2.63. The van der Waals surface area contributed by atoms with Crippen molar-refractivity contribution in [2.45, 2.75) is 25.5 Å². The van der Waals surface area contributed by atoms with Gasteiger partial charge in [-0.05, 0) is 37.1 Å². The molecule has 5 nitrogen and oxygen atoms in total. The summed E-state index contributed by atoms with van der Waals surface area (Å²) in [5.41, 5.74) is 1.16. The molecule has 27 heavy (non-hydrogen) atoms. The van der Waals surface area contributed by atoms with Gasteiger partial charge in [-0.3, -0.25) is 4.79 Å². The van der Waals surface area contributed by atoms with Gasteiger partial charge in [-0.2, -0.15) is 0 Å². The molecule has 0 radical (unpaired) electrons. The van der Waals surface area contributed by atoms with Crippen molar-refractivity contribution in [3.05, 3.63) is 63.6 Å². The van der Waals surface area contributed by atoms with Gasteiger partial charge in [-0.1, -0.05) is 41.4 Å². The van der Waals surface area contributed by atoms with E-state index in [-0.39, 0.29) is 30.1 Å². The van der Waals surface area contributed by atoms with E-state index in [0.717, 1.165) is 5.56 Å². The van der Waals surface area contributed by atoms with E-state index in [0.29, 0.717) is 34.2 Å². The first-order valence-corrected chi connectivity index (χ1v) is 11.1. The van der Waals surface area contributed by atoms with E-state index in [4.69, 9.17) is 27.9 Å². The normalized spacial score (nSPS) is 16.7. The molecule has 8 heteroatoms. The zero-order valence-corrected chi connectivity index (χ0v) is 16.8. The van der Waals surface area contributed by atoms with E-state index in [1.165, 1.54) is 0 Å². The van der Waals surface area contributed by atoms with Gasteiger partial charge in [-0.25, -0.2) is 8.42 Å². The standard InChI is InChI=1S/C19H19Cl2NO4S/c20-14-6-5-13(17(21)11-14)12-26-18-4-2-1-3-16(18)19(23)22-15-7-9-27(24,25)10-8-15/h1-6,11,15H,7-10,12H2,(H,22,23). The second-order valence-corrected chi connectivity index (χ2v) is 9.57. The summed E-state index contributed by atoms with van der Waals surface area (Å²) in [5, 5.41) is 3.94. The van der Waals surface area contributed by atoms with Crippen molar-refractivity contribution >= 4 is 38.9 Å². The summed E-state index contributed by atoms with van der Waals surface area (Å²) in [6.45, 7) is 0.196. The van der Waals surface area contributed by atoms with Gasteiger partial charge in [-0.15, -0.1) is 0 Å². The summed E-state index contributed by atoms with van der Waals surface area (Å²) in [5.74, 6) is 0.359. The zero-order chi connectivity index (χ0) is 19.4. The molecular formula is C19H19Cl2NO4S. The van der Waals surface area contributed by atoms with Crippen molar-refractivity contribution in [3.63, 3.8) is 0 Å². The van der Waals surface area contributed by atoms with Gasteiger partial charge in [0.2, 0.25) is 0 Å². The van der Waals surface area contributed by atoms with Gasteiger partial charge in [0.15, 0.2) is 0 Å². The van der Waals surface area contributed by atoms with Crippen molar-refractivity contribution in [2.75, 3.05) is 11.5 Å². The molecule has 1 N–H and O–H groups in total. The molecule has 1 aliphatic heterocycles. The second kappa shape index (κ2) is 8.50. The number of para-hydroxylation sites is 1. The summed E-state index contributed by atoms with van der Waals surface area (Å²) in [6, 6.07) is 11.9. The molecule has 0 aromatic heterocycles. The molecule has 0 aliphatic carbocycles. The highest BCUT2D eigenvalue weighted by Gasteiger charge is 2.25. The topological polar surface area (TPSA) is 72.5 Å². The lowest BCUT2D eigenvalue weighted by atomic mass is 10.1. The maximum atomic E-state index is 12.6. The Bertz CT molecular complexity index is 932. The molecule has 1 fully saturated rings. The summed E-state index contributed by atoms with van der Waals surface area (Å²) < 4.78 is 28.8. The molecule has 1 aliphatic rings. The number of ether oxygens (including phenoxy) is 1. The molecule has 1 heterocycles. The first-order valence-electron chi connectivity index (χ1n) is 8.51. The van der Waals surface area contributed by atoms with Crippen molar-refractivity contribution in [1.82, 2.24) is 5.32 Å². The van der Waals surface area contributed by atoms with Crippen LogP contribution in [0.4, 0.5) is 0 Å². The third-order valence-corrected chi connectivity index (χ3v) is 6.72. The van der Waals surface area contributed by atoms with Gasteiger partial charge >= 0.3 is 0 Å². The SMILES string of the molecule is O=C(NC1CCS(=O)(=O)CC1)c1ccccc1OCc1ccc(Cl)cc1Cl. The quantitative estimate of drug-likeness (QED) is 0.785. The fourth-order valence-corrected chi connectivity index (χ4v) is 4.83. The number of rotatable bonds is 5. The van der Waals surface area contributed by atoms with Crippen LogP contribution < -0.4 is 10.1 Å². The average molecular weight is 428 g/mol. The number of sulfone groups is 1. The Kier molecular flexibility index (Phi) is 6.29. The summed E-state index contributed by atoms with van der Waals surface area (Å²) in [6.07, 6.45) is 0.856. The van der Waals surface area contributed by atoms with Crippen LogP contribution in [0.25, 0.3) is 0 Å². The molecule has 0 unspecified atom stereocenters. The lowest BCUT2D eigenvalue weighted by molar-refractivity contribution is 0.0929. The van der Waals surface area contributed by atoms with E-state index in [1.807, 2.05) is 0 Å². The van der Waals surface area contributed by atoms with Crippen LogP contribution >= 0.6 is 23.2 Å². The zero-order valence-electron chi connectivity index (χ0n) is 14.5. The molecule has 3 rings (SSSR count). The minimum Gasteiger partial charge on any atom is -0.488 e. The number of nitrogens with one attached hydrogen (secondary N) is 1. The molecular weight excluding hydrogens is 409 g/mol. The molecule has 1 saturated heterocycles. The van der Waals surface area contributed by atoms with Gasteiger partial charge in [0.25, 0.3) is 5.91 Å². The lowest BCUT2D eigenvalue weighted by Gasteiger charge is -2.23. The number of carbonyl (C=O) groups excluding carboxylic acids is 1. The number of halogens is 2. The lowest BCUT2D eigenvalue weighted by Crippen LogP contribution is -2.40. The Labute approximate surface area is 168 Å². The monoisotopic (exact) mass is 427 g/mol. The number of carbonyl (C=O) groups is 1. The molecule has 144 valence electrons. The maximum absolute atomic E-state index is 12.6. The number of benzene rings is 2. The predicted molar refractivity (Wildman–Crippen MR) is 106 cm³/mol. The van der Waals surface area contributed by atoms with Gasteiger partial charge in [0.1, 0.15) is 22.2 Å². The smallest absolute Gasteiger partial charge is 0.255 e. The number of hydrogen-bond donors (Lipinski definition) is 1. The van der Waals surface area contributed by atoms with Crippen LogP contribution in [0.5, 0.6) is 5.75 Å². The Morgan fingerprint density at radius 3 is 2.52 bits per heavy atom. The van der Waals surface area contributed by atoms with Gasteiger partial charge in [0.05, 0.1) is 17.1 Å². The number of amides is 1. The maximum Gasteiger partial charge on any atom is 0.255 e. The van der Waals surface area contributed by atoms with Crippen molar-refractivity contribution < 1.29 is 17.9 Å². The van der Waals surface area contributed by atoms with Crippen LogP contribution in [0.3, 0.4) is 0 Å². The highest BCUT2D eigenvalue weighted by molar-refractivity contribution is 7.91. The van der Waals surface area contributed by atoms with E-state index >= 15 is 0 Å². The van der Waals surface area contributed by atoms with E-state index in [2.05, 4.69) is 5.32 Å². The Balaban J connectivity index is 1.67. The van der Waals surface area contributed by atoms with Crippen molar-refractivity contribution in [2.24, 2.45) is 0 Å². The number of hydrogen-bond acceptors (Lipinski definition) is 4. The van der Waals surface area contributed by atoms with Crippen LogP contribution in [0.1, 0.15) is 28.8 Å². The fraction of sp³-hybridized carbons (Fsp3) is 0.316. The van der Waals surface area contributed by atoms with E-state index < -0.39 is 9.84 Å². The predicted octanol–water partition coefficient (Wildman–Crippen LogP) is 3.88. The Morgan fingerprint density at radius 2 is 1.81 bits per heavy atom. The van der Waals surface area contributed by atoms with Crippen LogP contribution in [-0.2, 0) is 16.4 Å². The Morgan fingerprint density at radius 1 is 1.11 bits per heavy atom. The summed E-state index contributed by atoms with van der Waals surface area (Å²) in [4.78, 5) is 12.6.